The Morgan fingerprint density at radius 3 is 2.34 bits per heavy atom. The number of rotatable bonds is 5. The molecule has 1 fully saturated rings. The van der Waals surface area contributed by atoms with Crippen LogP contribution in [0.1, 0.15) is 22.7 Å². The highest BCUT2D eigenvalue weighted by Gasteiger charge is 2.46. The van der Waals surface area contributed by atoms with Crippen molar-refractivity contribution in [1.82, 2.24) is 9.88 Å². The number of aromatic nitrogens is 1. The lowest BCUT2D eigenvalue weighted by molar-refractivity contribution is -0.140. The first-order chi connectivity index (χ1) is 15.4. The lowest BCUT2D eigenvalue weighted by Crippen LogP contribution is -2.29. The van der Waals surface area contributed by atoms with E-state index in [1.807, 2.05) is 0 Å². The minimum atomic E-state index is -0.830. The highest BCUT2D eigenvalue weighted by Crippen LogP contribution is 2.42. The Morgan fingerprint density at radius 2 is 1.69 bits per heavy atom. The van der Waals surface area contributed by atoms with Crippen LogP contribution in [-0.2, 0) is 16.1 Å². The Kier molecular flexibility index (Phi) is 6.17. The summed E-state index contributed by atoms with van der Waals surface area (Å²) < 4.78 is 5.34. The van der Waals surface area contributed by atoms with E-state index in [2.05, 4.69) is 4.98 Å². The second-order valence-corrected chi connectivity index (χ2v) is 8.05. The number of methoxy groups -OCH3 is 1. The molecule has 1 aliphatic heterocycles. The number of carbonyl (C=O) groups is 2. The summed E-state index contributed by atoms with van der Waals surface area (Å²) in [6.07, 6.45) is 3.22. The molecule has 0 radical (unpaired) electrons. The maximum Gasteiger partial charge on any atom is 0.295 e. The van der Waals surface area contributed by atoms with Crippen molar-refractivity contribution in [3.63, 3.8) is 0 Å². The first-order valence-electron chi connectivity index (χ1n) is 9.67. The molecule has 1 unspecified atom stereocenters. The minimum Gasteiger partial charge on any atom is -0.507 e. The van der Waals surface area contributed by atoms with E-state index in [9.17, 15) is 14.7 Å². The molecule has 32 heavy (non-hydrogen) atoms. The number of hydrogen-bond donors (Lipinski definition) is 1. The molecule has 1 saturated heterocycles. The number of carbonyl (C=O) groups excluding carboxylic acids is 2. The molecule has 8 heteroatoms. The van der Waals surface area contributed by atoms with Gasteiger partial charge in [0, 0.05) is 29.0 Å². The normalized spacial score (nSPS) is 17.6. The number of amides is 1. The molecule has 0 aliphatic carbocycles. The van der Waals surface area contributed by atoms with Gasteiger partial charge in [0.2, 0.25) is 0 Å². The lowest BCUT2D eigenvalue weighted by Gasteiger charge is -2.25. The van der Waals surface area contributed by atoms with Crippen LogP contribution in [0.15, 0.2) is 72.6 Å². The third-order valence-electron chi connectivity index (χ3n) is 5.24. The fraction of sp³-hybridized carbons (Fsp3) is 0.125. The predicted octanol–water partition coefficient (Wildman–Crippen LogP) is 5.02. The summed E-state index contributed by atoms with van der Waals surface area (Å²) in [7, 11) is 1.44. The number of hydrogen-bond acceptors (Lipinski definition) is 5. The van der Waals surface area contributed by atoms with Gasteiger partial charge < -0.3 is 14.7 Å². The molecule has 1 aliphatic rings. The van der Waals surface area contributed by atoms with E-state index in [0.717, 1.165) is 5.56 Å². The molecule has 3 aromatic rings. The molecule has 0 spiro atoms. The Labute approximate surface area is 194 Å². The largest absolute Gasteiger partial charge is 0.507 e. The van der Waals surface area contributed by atoms with Gasteiger partial charge in [-0.2, -0.15) is 0 Å². The van der Waals surface area contributed by atoms with Crippen molar-refractivity contribution in [1.29, 1.82) is 0 Å². The second kappa shape index (κ2) is 9.02. The van der Waals surface area contributed by atoms with E-state index >= 15 is 0 Å². The summed E-state index contributed by atoms with van der Waals surface area (Å²) in [5.74, 6) is -1.55. The number of benzene rings is 2. The fourth-order valence-electron chi connectivity index (χ4n) is 3.73. The van der Waals surface area contributed by atoms with E-state index in [0.29, 0.717) is 21.4 Å². The van der Waals surface area contributed by atoms with Gasteiger partial charge in [0.1, 0.15) is 11.5 Å². The average molecular weight is 469 g/mol. The third kappa shape index (κ3) is 4.07. The molecular formula is C24H18Cl2N2O4. The Hall–Kier alpha value is -3.35. The third-order valence-corrected chi connectivity index (χ3v) is 5.73. The van der Waals surface area contributed by atoms with Gasteiger partial charge in [-0.05, 0) is 53.6 Å². The van der Waals surface area contributed by atoms with Crippen LogP contribution in [0, 0.1) is 0 Å². The maximum atomic E-state index is 13.1. The number of nitrogens with zero attached hydrogens (tertiary/aromatic N) is 2. The quantitative estimate of drug-likeness (QED) is 0.323. The molecule has 1 aromatic heterocycles. The van der Waals surface area contributed by atoms with E-state index in [1.54, 1.807) is 60.9 Å². The Morgan fingerprint density at radius 1 is 1.03 bits per heavy atom. The van der Waals surface area contributed by atoms with Gasteiger partial charge in [0.15, 0.2) is 0 Å². The zero-order chi connectivity index (χ0) is 22.8. The summed E-state index contributed by atoms with van der Waals surface area (Å²) in [5.41, 5.74) is 1.60. The SMILES string of the molecule is COc1ccc(Cl)cc1/C(O)=C1\C(=O)C(=O)N(Cc2ccncc2)C1c1ccc(Cl)cc1. The van der Waals surface area contributed by atoms with Gasteiger partial charge in [-0.1, -0.05) is 35.3 Å². The van der Waals surface area contributed by atoms with E-state index in [1.165, 1.54) is 18.1 Å². The van der Waals surface area contributed by atoms with Crippen LogP contribution >= 0.6 is 23.2 Å². The van der Waals surface area contributed by atoms with Gasteiger partial charge in [0.25, 0.3) is 11.7 Å². The number of Topliss-reactive ketones (excluding diaryl/α,β-unsaturated/α-hetero) is 1. The lowest BCUT2D eigenvalue weighted by atomic mass is 9.95. The van der Waals surface area contributed by atoms with Crippen molar-refractivity contribution in [2.45, 2.75) is 12.6 Å². The molecule has 1 atom stereocenters. The second-order valence-electron chi connectivity index (χ2n) is 7.18. The molecule has 1 N–H and O–H groups in total. The zero-order valence-electron chi connectivity index (χ0n) is 17.0. The number of aliphatic hydroxyl groups is 1. The first kappa shape index (κ1) is 21.9. The molecular weight excluding hydrogens is 451 g/mol. The molecule has 6 nitrogen and oxygen atoms in total. The van der Waals surface area contributed by atoms with Gasteiger partial charge in [0.05, 0.1) is 24.3 Å². The van der Waals surface area contributed by atoms with Crippen molar-refractivity contribution >= 4 is 40.7 Å². The summed E-state index contributed by atoms with van der Waals surface area (Å²) in [6.45, 7) is 0.157. The van der Waals surface area contributed by atoms with Gasteiger partial charge in [-0.3, -0.25) is 14.6 Å². The zero-order valence-corrected chi connectivity index (χ0v) is 18.5. The molecule has 0 saturated carbocycles. The van der Waals surface area contributed by atoms with Crippen LogP contribution < -0.4 is 4.74 Å². The summed E-state index contributed by atoms with van der Waals surface area (Å²) in [6, 6.07) is 14.2. The van der Waals surface area contributed by atoms with Gasteiger partial charge >= 0.3 is 0 Å². The Bertz CT molecular complexity index is 1210. The fourth-order valence-corrected chi connectivity index (χ4v) is 4.03. The van der Waals surface area contributed by atoms with Crippen LogP contribution in [0.4, 0.5) is 0 Å². The Balaban J connectivity index is 1.91. The molecule has 4 rings (SSSR count). The van der Waals surface area contributed by atoms with Crippen LogP contribution in [0.3, 0.4) is 0 Å². The average Bonchev–Trinajstić information content (AvgIpc) is 3.04. The van der Waals surface area contributed by atoms with Crippen LogP contribution in [0.5, 0.6) is 5.75 Å². The number of pyridine rings is 1. The maximum absolute atomic E-state index is 13.1. The van der Waals surface area contributed by atoms with Crippen molar-refractivity contribution in [3.05, 3.63) is 99.3 Å². The van der Waals surface area contributed by atoms with Crippen molar-refractivity contribution < 1.29 is 19.4 Å². The van der Waals surface area contributed by atoms with E-state index < -0.39 is 17.7 Å². The predicted molar refractivity (Wildman–Crippen MR) is 122 cm³/mol. The number of ketones is 1. The number of ether oxygens (including phenoxy) is 1. The number of halogens is 2. The standard InChI is InChI=1S/C24H18Cl2N2O4/c1-32-19-7-6-17(26)12-18(19)22(29)20-21(15-2-4-16(25)5-3-15)28(24(31)23(20)30)13-14-8-10-27-11-9-14/h2-12,21,29H,13H2,1H3/b22-20+. The topological polar surface area (TPSA) is 79.7 Å². The number of likely N-dealkylation sites (tertiary alicyclic amines) is 1. The first-order valence-corrected chi connectivity index (χ1v) is 10.4. The highest BCUT2D eigenvalue weighted by molar-refractivity contribution is 6.46. The van der Waals surface area contributed by atoms with Gasteiger partial charge in [-0.15, -0.1) is 0 Å². The van der Waals surface area contributed by atoms with Crippen molar-refractivity contribution in [3.8, 4) is 5.75 Å². The smallest absolute Gasteiger partial charge is 0.295 e. The van der Waals surface area contributed by atoms with Crippen LogP contribution in [0.2, 0.25) is 10.0 Å². The van der Waals surface area contributed by atoms with Gasteiger partial charge in [-0.25, -0.2) is 0 Å². The summed E-state index contributed by atoms with van der Waals surface area (Å²) in [5, 5.41) is 12.1. The molecule has 2 aromatic carbocycles. The van der Waals surface area contributed by atoms with Crippen molar-refractivity contribution in [2.24, 2.45) is 0 Å². The highest BCUT2D eigenvalue weighted by atomic mass is 35.5. The van der Waals surface area contributed by atoms with Crippen LogP contribution in [-0.4, -0.2) is 33.8 Å². The molecule has 0 bridgehead atoms. The van der Waals surface area contributed by atoms with Crippen LogP contribution in [0.25, 0.3) is 5.76 Å². The minimum absolute atomic E-state index is 0.0491. The summed E-state index contributed by atoms with van der Waals surface area (Å²) in [4.78, 5) is 31.6. The summed E-state index contributed by atoms with van der Waals surface area (Å²) >= 11 is 12.2. The van der Waals surface area contributed by atoms with Crippen molar-refractivity contribution in [2.75, 3.05) is 7.11 Å². The molecule has 1 amide bonds. The number of aliphatic hydroxyl groups excluding tert-OH is 1. The van der Waals surface area contributed by atoms with E-state index in [4.69, 9.17) is 27.9 Å². The monoisotopic (exact) mass is 468 g/mol. The molecule has 2 heterocycles. The van der Waals surface area contributed by atoms with E-state index in [-0.39, 0.29) is 23.4 Å². The molecule has 162 valence electrons.